The summed E-state index contributed by atoms with van der Waals surface area (Å²) in [7, 11) is 0. The predicted molar refractivity (Wildman–Crippen MR) is 113 cm³/mol. The lowest BCUT2D eigenvalue weighted by Crippen LogP contribution is -2.44. The lowest BCUT2D eigenvalue weighted by atomic mass is 9.78. The molecule has 2 N–H and O–H groups in total. The molecule has 1 aliphatic carbocycles. The molecule has 1 saturated carbocycles. The van der Waals surface area contributed by atoms with Gasteiger partial charge in [0, 0.05) is 37.7 Å². The molecule has 0 aromatic heterocycles. The zero-order chi connectivity index (χ0) is 18.7. The number of likely N-dealkylation sites (tertiary alicyclic amines) is 1. The molecule has 2 saturated heterocycles. The summed E-state index contributed by atoms with van der Waals surface area (Å²) >= 11 is 0. The van der Waals surface area contributed by atoms with Gasteiger partial charge in [-0.25, -0.2) is 0 Å². The molecule has 2 heterocycles. The van der Waals surface area contributed by atoms with Gasteiger partial charge in [-0.3, -0.25) is 9.59 Å². The molecule has 3 aliphatic rings. The summed E-state index contributed by atoms with van der Waals surface area (Å²) in [5.41, 5.74) is 2.23. The first-order valence-corrected chi connectivity index (χ1v) is 10.5. The van der Waals surface area contributed by atoms with E-state index in [1.165, 1.54) is 19.3 Å². The van der Waals surface area contributed by atoms with E-state index in [-0.39, 0.29) is 30.1 Å². The highest BCUT2D eigenvalue weighted by Gasteiger charge is 2.38. The van der Waals surface area contributed by atoms with Crippen molar-refractivity contribution in [1.82, 2.24) is 15.5 Å². The van der Waals surface area contributed by atoms with Crippen LogP contribution in [0.3, 0.4) is 0 Å². The van der Waals surface area contributed by atoms with Gasteiger partial charge < -0.3 is 15.5 Å². The highest BCUT2D eigenvalue weighted by Crippen LogP contribution is 2.37. The van der Waals surface area contributed by atoms with Crippen molar-refractivity contribution in [3.05, 3.63) is 35.4 Å². The molecule has 1 aromatic carbocycles. The molecular weight excluding hydrogens is 374 g/mol. The van der Waals surface area contributed by atoms with Crippen molar-refractivity contribution in [2.45, 2.75) is 51.5 Å². The minimum Gasteiger partial charge on any atom is -0.352 e. The SMILES string of the molecule is Cl.O=C(NCc1ccc(C(=O)N2CCC3(CCNC3)CC2)cc1)C1CCCC1. The third-order valence-electron chi connectivity index (χ3n) is 6.84. The molecule has 0 unspecified atom stereocenters. The first-order valence-electron chi connectivity index (χ1n) is 10.5. The molecule has 0 atom stereocenters. The van der Waals surface area contributed by atoms with Gasteiger partial charge in [0.25, 0.3) is 5.91 Å². The molecule has 5 nitrogen and oxygen atoms in total. The minimum absolute atomic E-state index is 0. The van der Waals surface area contributed by atoms with Gasteiger partial charge in [0.1, 0.15) is 0 Å². The Morgan fingerprint density at radius 2 is 1.75 bits per heavy atom. The van der Waals surface area contributed by atoms with Crippen LogP contribution in [-0.4, -0.2) is 42.9 Å². The van der Waals surface area contributed by atoms with Gasteiger partial charge in [-0.15, -0.1) is 12.4 Å². The molecule has 4 rings (SSSR count). The average molecular weight is 406 g/mol. The van der Waals surface area contributed by atoms with Crippen molar-refractivity contribution in [3.8, 4) is 0 Å². The summed E-state index contributed by atoms with van der Waals surface area (Å²) in [6.45, 7) is 4.49. The highest BCUT2D eigenvalue weighted by atomic mass is 35.5. The van der Waals surface area contributed by atoms with Crippen molar-refractivity contribution in [2.24, 2.45) is 11.3 Å². The van der Waals surface area contributed by atoms with Crippen molar-refractivity contribution in [3.63, 3.8) is 0 Å². The zero-order valence-electron chi connectivity index (χ0n) is 16.5. The largest absolute Gasteiger partial charge is 0.352 e. The van der Waals surface area contributed by atoms with Crippen LogP contribution in [0.15, 0.2) is 24.3 Å². The van der Waals surface area contributed by atoms with Crippen LogP contribution < -0.4 is 10.6 Å². The number of carbonyl (C=O) groups is 2. The van der Waals surface area contributed by atoms with Crippen LogP contribution >= 0.6 is 12.4 Å². The minimum atomic E-state index is 0. The number of halogens is 1. The van der Waals surface area contributed by atoms with Crippen LogP contribution in [-0.2, 0) is 11.3 Å². The summed E-state index contributed by atoms with van der Waals surface area (Å²) in [4.78, 5) is 26.9. The summed E-state index contributed by atoms with van der Waals surface area (Å²) < 4.78 is 0. The fraction of sp³-hybridized carbons (Fsp3) is 0.636. The smallest absolute Gasteiger partial charge is 0.253 e. The molecule has 1 spiro atoms. The van der Waals surface area contributed by atoms with Crippen molar-refractivity contribution in [1.29, 1.82) is 0 Å². The van der Waals surface area contributed by atoms with E-state index in [1.54, 1.807) is 0 Å². The quantitative estimate of drug-likeness (QED) is 0.808. The molecular formula is C22H32ClN3O2. The molecule has 0 radical (unpaired) electrons. The predicted octanol–water partition coefficient (Wildman–Crippen LogP) is 3.13. The van der Waals surface area contributed by atoms with Crippen molar-refractivity contribution >= 4 is 24.2 Å². The summed E-state index contributed by atoms with van der Waals surface area (Å²) in [6.07, 6.45) is 7.84. The standard InChI is InChI=1S/C22H31N3O2.ClH/c26-20(18-3-1-2-4-18)24-15-17-5-7-19(8-6-17)21(27)25-13-10-22(11-14-25)9-12-23-16-22;/h5-8,18,23H,1-4,9-16H2,(H,24,26);1H. The second-order valence-corrected chi connectivity index (χ2v) is 8.62. The average Bonchev–Trinajstić information content (AvgIpc) is 3.39. The maximum atomic E-state index is 12.8. The molecule has 2 amide bonds. The molecule has 1 aromatic rings. The summed E-state index contributed by atoms with van der Waals surface area (Å²) in [6, 6.07) is 7.74. The van der Waals surface area contributed by atoms with E-state index in [0.717, 1.165) is 63.0 Å². The van der Waals surface area contributed by atoms with Crippen molar-refractivity contribution < 1.29 is 9.59 Å². The number of hydrogen-bond acceptors (Lipinski definition) is 3. The number of nitrogens with one attached hydrogen (secondary N) is 2. The molecule has 3 fully saturated rings. The zero-order valence-corrected chi connectivity index (χ0v) is 17.4. The third-order valence-corrected chi connectivity index (χ3v) is 6.84. The summed E-state index contributed by atoms with van der Waals surface area (Å²) in [5.74, 6) is 0.511. The van der Waals surface area contributed by atoms with Crippen LogP contribution in [0.5, 0.6) is 0 Å². The monoisotopic (exact) mass is 405 g/mol. The normalized spacial score (nSPS) is 21.5. The Bertz CT molecular complexity index is 670. The Morgan fingerprint density at radius 1 is 1.07 bits per heavy atom. The maximum Gasteiger partial charge on any atom is 0.253 e. The number of piperidine rings is 1. The lowest BCUT2D eigenvalue weighted by Gasteiger charge is -2.38. The molecule has 0 bridgehead atoms. The topological polar surface area (TPSA) is 61.4 Å². The van der Waals surface area contributed by atoms with Gasteiger partial charge in [0.15, 0.2) is 0 Å². The van der Waals surface area contributed by atoms with E-state index >= 15 is 0 Å². The molecule has 6 heteroatoms. The van der Waals surface area contributed by atoms with E-state index in [2.05, 4.69) is 10.6 Å². The first-order chi connectivity index (χ1) is 13.2. The van der Waals surface area contributed by atoms with Gasteiger partial charge in [-0.2, -0.15) is 0 Å². The molecule has 154 valence electrons. The lowest BCUT2D eigenvalue weighted by molar-refractivity contribution is -0.124. The number of amides is 2. The van der Waals surface area contributed by atoms with E-state index in [1.807, 2.05) is 29.2 Å². The summed E-state index contributed by atoms with van der Waals surface area (Å²) in [5, 5.41) is 6.51. The van der Waals surface area contributed by atoms with Gasteiger partial charge in [-0.1, -0.05) is 25.0 Å². The van der Waals surface area contributed by atoms with Crippen molar-refractivity contribution in [2.75, 3.05) is 26.2 Å². The first kappa shape index (κ1) is 21.1. The van der Waals surface area contributed by atoms with Gasteiger partial charge in [-0.05, 0) is 61.8 Å². The number of nitrogens with zero attached hydrogens (tertiary/aromatic N) is 1. The van der Waals surface area contributed by atoms with Gasteiger partial charge in [0.2, 0.25) is 5.91 Å². The number of hydrogen-bond donors (Lipinski definition) is 2. The van der Waals surface area contributed by atoms with Crippen LogP contribution in [0.2, 0.25) is 0 Å². The Hall–Kier alpha value is -1.59. The van der Waals surface area contributed by atoms with Gasteiger partial charge >= 0.3 is 0 Å². The van der Waals surface area contributed by atoms with E-state index < -0.39 is 0 Å². The van der Waals surface area contributed by atoms with E-state index in [4.69, 9.17) is 0 Å². The Labute approximate surface area is 174 Å². The number of benzene rings is 1. The van der Waals surface area contributed by atoms with Gasteiger partial charge in [0.05, 0.1) is 0 Å². The van der Waals surface area contributed by atoms with Crippen LogP contribution in [0, 0.1) is 11.3 Å². The van der Waals surface area contributed by atoms with Crippen LogP contribution in [0.4, 0.5) is 0 Å². The fourth-order valence-corrected chi connectivity index (χ4v) is 4.88. The van der Waals surface area contributed by atoms with E-state index in [0.29, 0.717) is 12.0 Å². The van der Waals surface area contributed by atoms with Crippen LogP contribution in [0.25, 0.3) is 0 Å². The van der Waals surface area contributed by atoms with Crippen LogP contribution in [0.1, 0.15) is 60.9 Å². The molecule has 28 heavy (non-hydrogen) atoms. The number of carbonyl (C=O) groups excluding carboxylic acids is 2. The second-order valence-electron chi connectivity index (χ2n) is 8.62. The third kappa shape index (κ3) is 4.69. The van der Waals surface area contributed by atoms with E-state index in [9.17, 15) is 9.59 Å². The Morgan fingerprint density at radius 3 is 2.36 bits per heavy atom. The fourth-order valence-electron chi connectivity index (χ4n) is 4.88. The highest BCUT2D eigenvalue weighted by molar-refractivity contribution is 5.94. The maximum absolute atomic E-state index is 12.8. The second kappa shape index (κ2) is 9.27. The molecule has 2 aliphatic heterocycles. The Kier molecular flexibility index (Phi) is 7.00. The Balaban J connectivity index is 0.00000225. The number of rotatable bonds is 4.